The Hall–Kier alpha value is -2.90. The normalized spacial score (nSPS) is 11.1. The number of nitrogens with one attached hydrogen (secondary N) is 1. The third-order valence-electron chi connectivity index (χ3n) is 3.94. The molecule has 0 radical (unpaired) electrons. The molecule has 0 unspecified atom stereocenters. The van der Waals surface area contributed by atoms with Crippen molar-refractivity contribution >= 4 is 5.91 Å². The van der Waals surface area contributed by atoms with Gasteiger partial charge in [-0.05, 0) is 48.7 Å². The Kier molecular flexibility index (Phi) is 8.18. The molecular formula is C21H24F3NO4. The van der Waals surface area contributed by atoms with Crippen LogP contribution in [-0.4, -0.2) is 39.0 Å². The SMILES string of the molecule is COc1cc(CCC(=O)NCCOc2cccc(C)c2)ccc1OCC(F)(F)F. The lowest BCUT2D eigenvalue weighted by molar-refractivity contribution is -0.153. The average Bonchev–Trinajstić information content (AvgIpc) is 2.67. The van der Waals surface area contributed by atoms with Crippen LogP contribution in [0.5, 0.6) is 17.2 Å². The minimum atomic E-state index is -4.43. The quantitative estimate of drug-likeness (QED) is 0.599. The molecule has 2 aromatic rings. The number of benzene rings is 2. The lowest BCUT2D eigenvalue weighted by atomic mass is 10.1. The van der Waals surface area contributed by atoms with Gasteiger partial charge in [-0.3, -0.25) is 4.79 Å². The fourth-order valence-electron chi connectivity index (χ4n) is 2.56. The molecule has 5 nitrogen and oxygen atoms in total. The molecule has 0 heterocycles. The number of rotatable bonds is 10. The summed E-state index contributed by atoms with van der Waals surface area (Å²) in [5.41, 5.74) is 1.85. The summed E-state index contributed by atoms with van der Waals surface area (Å²) in [7, 11) is 1.35. The van der Waals surface area contributed by atoms with Crippen LogP contribution in [0.4, 0.5) is 13.2 Å². The van der Waals surface area contributed by atoms with Crippen LogP contribution < -0.4 is 19.5 Å². The largest absolute Gasteiger partial charge is 0.493 e. The maximum absolute atomic E-state index is 12.3. The molecule has 0 spiro atoms. The minimum Gasteiger partial charge on any atom is -0.493 e. The number of amides is 1. The Morgan fingerprint density at radius 2 is 1.86 bits per heavy atom. The standard InChI is InChI=1S/C21H24F3NO4/c1-15-4-3-5-17(12-15)28-11-10-25-20(26)9-7-16-6-8-18(19(13-16)27-2)29-14-21(22,23)24/h3-6,8,12-13H,7,9-11,14H2,1-2H3,(H,25,26). The molecule has 0 bridgehead atoms. The number of hydrogen-bond donors (Lipinski definition) is 1. The molecule has 0 aliphatic heterocycles. The second kappa shape index (κ2) is 10.6. The number of carbonyl (C=O) groups is 1. The predicted octanol–water partition coefficient (Wildman–Crippen LogP) is 4.07. The van der Waals surface area contributed by atoms with Crippen LogP contribution in [0, 0.1) is 6.92 Å². The summed E-state index contributed by atoms with van der Waals surface area (Å²) in [5, 5.41) is 2.77. The van der Waals surface area contributed by atoms with Gasteiger partial charge in [0.15, 0.2) is 18.1 Å². The van der Waals surface area contributed by atoms with Crippen molar-refractivity contribution in [3.8, 4) is 17.2 Å². The number of aryl methyl sites for hydroxylation is 2. The highest BCUT2D eigenvalue weighted by Crippen LogP contribution is 2.30. The second-order valence-electron chi connectivity index (χ2n) is 6.40. The highest BCUT2D eigenvalue weighted by atomic mass is 19.4. The highest BCUT2D eigenvalue weighted by molar-refractivity contribution is 5.76. The van der Waals surface area contributed by atoms with Crippen LogP contribution in [0.15, 0.2) is 42.5 Å². The van der Waals surface area contributed by atoms with Gasteiger partial charge in [0.25, 0.3) is 0 Å². The highest BCUT2D eigenvalue weighted by Gasteiger charge is 2.29. The van der Waals surface area contributed by atoms with Gasteiger partial charge in [0.1, 0.15) is 12.4 Å². The summed E-state index contributed by atoms with van der Waals surface area (Å²) in [6, 6.07) is 12.2. The molecule has 0 fully saturated rings. The lowest BCUT2D eigenvalue weighted by Gasteiger charge is -2.13. The number of halogens is 3. The first kappa shape index (κ1) is 22.4. The van der Waals surface area contributed by atoms with Gasteiger partial charge >= 0.3 is 6.18 Å². The van der Waals surface area contributed by atoms with E-state index in [1.165, 1.54) is 13.2 Å². The van der Waals surface area contributed by atoms with Crippen molar-refractivity contribution in [1.29, 1.82) is 0 Å². The zero-order valence-electron chi connectivity index (χ0n) is 16.3. The van der Waals surface area contributed by atoms with E-state index in [-0.39, 0.29) is 23.8 Å². The second-order valence-corrected chi connectivity index (χ2v) is 6.40. The van der Waals surface area contributed by atoms with Crippen molar-refractivity contribution in [2.75, 3.05) is 26.9 Å². The van der Waals surface area contributed by atoms with E-state index < -0.39 is 12.8 Å². The van der Waals surface area contributed by atoms with Gasteiger partial charge in [0.2, 0.25) is 5.91 Å². The van der Waals surface area contributed by atoms with Crippen molar-refractivity contribution in [2.24, 2.45) is 0 Å². The number of hydrogen-bond acceptors (Lipinski definition) is 4. The molecule has 29 heavy (non-hydrogen) atoms. The Morgan fingerprint density at radius 1 is 1.07 bits per heavy atom. The number of carbonyl (C=O) groups excluding carboxylic acids is 1. The molecular weight excluding hydrogens is 387 g/mol. The first-order valence-corrected chi connectivity index (χ1v) is 9.09. The Bertz CT molecular complexity index is 809. The van der Waals surface area contributed by atoms with E-state index in [4.69, 9.17) is 14.2 Å². The van der Waals surface area contributed by atoms with Crippen LogP contribution in [0.25, 0.3) is 0 Å². The van der Waals surface area contributed by atoms with Crippen LogP contribution in [0.1, 0.15) is 17.5 Å². The van der Waals surface area contributed by atoms with E-state index in [1.807, 2.05) is 31.2 Å². The van der Waals surface area contributed by atoms with Gasteiger partial charge in [0.05, 0.1) is 13.7 Å². The van der Waals surface area contributed by atoms with Gasteiger partial charge < -0.3 is 19.5 Å². The molecule has 0 aliphatic rings. The summed E-state index contributed by atoms with van der Waals surface area (Å²) in [6.45, 7) is 1.31. The maximum Gasteiger partial charge on any atom is 0.422 e. The van der Waals surface area contributed by atoms with E-state index in [0.717, 1.165) is 16.9 Å². The fourth-order valence-corrected chi connectivity index (χ4v) is 2.56. The van der Waals surface area contributed by atoms with Crippen LogP contribution >= 0.6 is 0 Å². The molecule has 2 rings (SSSR count). The summed E-state index contributed by atoms with van der Waals surface area (Å²) >= 11 is 0. The summed E-state index contributed by atoms with van der Waals surface area (Å²) in [4.78, 5) is 12.0. The molecule has 1 amide bonds. The summed E-state index contributed by atoms with van der Waals surface area (Å²) in [6.07, 6.45) is -3.78. The van der Waals surface area contributed by atoms with Crippen molar-refractivity contribution < 1.29 is 32.2 Å². The molecule has 8 heteroatoms. The molecule has 158 valence electrons. The van der Waals surface area contributed by atoms with Crippen molar-refractivity contribution in [2.45, 2.75) is 25.9 Å². The Morgan fingerprint density at radius 3 is 2.55 bits per heavy atom. The molecule has 2 aromatic carbocycles. The lowest BCUT2D eigenvalue weighted by Crippen LogP contribution is -2.28. The maximum atomic E-state index is 12.3. The zero-order chi connectivity index (χ0) is 21.3. The zero-order valence-corrected chi connectivity index (χ0v) is 16.3. The molecule has 0 aromatic heterocycles. The fraction of sp³-hybridized carbons (Fsp3) is 0.381. The van der Waals surface area contributed by atoms with Gasteiger partial charge in [0, 0.05) is 6.42 Å². The van der Waals surface area contributed by atoms with Crippen LogP contribution in [0.2, 0.25) is 0 Å². The third kappa shape index (κ3) is 8.33. The molecule has 0 aliphatic carbocycles. The minimum absolute atomic E-state index is 0.00586. The Balaban J connectivity index is 1.74. The van der Waals surface area contributed by atoms with Crippen LogP contribution in [-0.2, 0) is 11.2 Å². The van der Waals surface area contributed by atoms with E-state index >= 15 is 0 Å². The molecule has 0 atom stereocenters. The number of ether oxygens (including phenoxy) is 3. The first-order chi connectivity index (χ1) is 13.8. The predicted molar refractivity (Wildman–Crippen MR) is 103 cm³/mol. The van der Waals surface area contributed by atoms with Crippen molar-refractivity contribution in [1.82, 2.24) is 5.32 Å². The summed E-state index contributed by atoms with van der Waals surface area (Å²) < 4.78 is 52.2. The summed E-state index contributed by atoms with van der Waals surface area (Å²) in [5.74, 6) is 0.804. The number of methoxy groups -OCH3 is 1. The third-order valence-corrected chi connectivity index (χ3v) is 3.94. The molecule has 0 saturated carbocycles. The smallest absolute Gasteiger partial charge is 0.422 e. The number of alkyl halides is 3. The van der Waals surface area contributed by atoms with Gasteiger partial charge in [-0.2, -0.15) is 13.2 Å². The van der Waals surface area contributed by atoms with Crippen LogP contribution in [0.3, 0.4) is 0 Å². The van der Waals surface area contributed by atoms with Crippen molar-refractivity contribution in [3.05, 3.63) is 53.6 Å². The van der Waals surface area contributed by atoms with E-state index in [2.05, 4.69) is 5.32 Å². The van der Waals surface area contributed by atoms with Gasteiger partial charge in [-0.1, -0.05) is 18.2 Å². The topological polar surface area (TPSA) is 56.8 Å². The first-order valence-electron chi connectivity index (χ1n) is 9.09. The average molecular weight is 411 g/mol. The van der Waals surface area contributed by atoms with E-state index in [9.17, 15) is 18.0 Å². The van der Waals surface area contributed by atoms with E-state index in [0.29, 0.717) is 19.6 Å². The van der Waals surface area contributed by atoms with Crippen molar-refractivity contribution in [3.63, 3.8) is 0 Å². The monoisotopic (exact) mass is 411 g/mol. The van der Waals surface area contributed by atoms with E-state index in [1.54, 1.807) is 12.1 Å². The van der Waals surface area contributed by atoms with Gasteiger partial charge in [-0.15, -0.1) is 0 Å². The molecule has 0 saturated heterocycles. The Labute approximate surface area is 167 Å². The van der Waals surface area contributed by atoms with Gasteiger partial charge in [-0.25, -0.2) is 0 Å². The molecule has 1 N–H and O–H groups in total.